The number of carbonyl (C=O) groups is 4. The molecule has 10 nitrogen and oxygen atoms in total. The molecule has 0 aliphatic heterocycles. The van der Waals surface area contributed by atoms with Crippen molar-refractivity contribution in [3.05, 3.63) is 0 Å². The summed E-state index contributed by atoms with van der Waals surface area (Å²) < 4.78 is 16.4. The van der Waals surface area contributed by atoms with Crippen LogP contribution in [0.5, 0.6) is 0 Å². The number of carboxylic acids is 1. The first-order valence-corrected chi connectivity index (χ1v) is 16.5. The molecule has 0 rings (SSSR count). The monoisotopic (exact) mass is 600 g/mol. The Labute approximate surface area is 254 Å². The van der Waals surface area contributed by atoms with E-state index in [0.29, 0.717) is 65.6 Å². The van der Waals surface area contributed by atoms with Gasteiger partial charge in [0.25, 0.3) is 0 Å². The zero-order chi connectivity index (χ0) is 30.8. The Balaban J connectivity index is 3.19. The zero-order valence-electron chi connectivity index (χ0n) is 26.2. The third-order valence-corrected chi connectivity index (χ3v) is 6.85. The lowest BCUT2D eigenvalue weighted by molar-refractivity contribution is -0.137. The second-order valence-electron chi connectivity index (χ2n) is 10.8. The maximum atomic E-state index is 12.0. The van der Waals surface area contributed by atoms with Gasteiger partial charge in [-0.3, -0.25) is 14.4 Å². The van der Waals surface area contributed by atoms with E-state index in [1.807, 2.05) is 0 Å². The summed E-state index contributed by atoms with van der Waals surface area (Å²) in [6, 6.07) is 0. The molecule has 0 saturated heterocycles. The summed E-state index contributed by atoms with van der Waals surface area (Å²) in [6.45, 7) is 4.31. The number of ether oxygens (including phenoxy) is 3. The summed E-state index contributed by atoms with van der Waals surface area (Å²) in [5.74, 6) is -0.669. The number of nitrogens with one attached hydrogen (secondary N) is 2. The Morgan fingerprint density at radius 1 is 0.476 bits per heavy atom. The number of amides is 2. The maximum absolute atomic E-state index is 12.0. The fraction of sp³-hybridized carbons (Fsp3) is 0.875. The van der Waals surface area contributed by atoms with Crippen molar-refractivity contribution in [3.63, 3.8) is 0 Å². The van der Waals surface area contributed by atoms with E-state index in [0.717, 1.165) is 51.2 Å². The van der Waals surface area contributed by atoms with E-state index in [4.69, 9.17) is 19.3 Å². The molecule has 0 bridgehead atoms. The Kier molecular flexibility index (Phi) is 31.8. The zero-order valence-corrected chi connectivity index (χ0v) is 26.2. The van der Waals surface area contributed by atoms with Gasteiger partial charge in [0.2, 0.25) is 11.8 Å². The quantitative estimate of drug-likeness (QED) is 0.0663. The first-order chi connectivity index (χ1) is 20.6. The van der Waals surface area contributed by atoms with E-state index in [-0.39, 0.29) is 24.7 Å². The fourth-order valence-electron chi connectivity index (χ4n) is 4.40. The molecule has 0 radical (unpaired) electrons. The number of hydrogen-bond donors (Lipinski definition) is 3. The lowest BCUT2D eigenvalue weighted by Crippen LogP contribution is -2.25. The van der Waals surface area contributed by atoms with Crippen LogP contribution in [0.15, 0.2) is 0 Å². The highest BCUT2D eigenvalue weighted by atomic mass is 16.5. The van der Waals surface area contributed by atoms with Crippen LogP contribution in [-0.2, 0) is 33.4 Å². The third-order valence-electron chi connectivity index (χ3n) is 6.85. The highest BCUT2D eigenvalue weighted by molar-refractivity contribution is 5.78. The number of unbranched alkanes of at least 4 members (excludes halogenated alkanes) is 13. The number of rotatable bonds is 34. The second-order valence-corrected chi connectivity index (χ2v) is 10.8. The van der Waals surface area contributed by atoms with Gasteiger partial charge in [-0.15, -0.1) is 0 Å². The van der Waals surface area contributed by atoms with Gasteiger partial charge >= 0.3 is 5.97 Å². The fourth-order valence-corrected chi connectivity index (χ4v) is 4.40. The van der Waals surface area contributed by atoms with Crippen molar-refractivity contribution in [3.8, 4) is 0 Å². The Bertz CT molecular complexity index is 648. The summed E-state index contributed by atoms with van der Waals surface area (Å²) in [5.41, 5.74) is 0. The van der Waals surface area contributed by atoms with E-state index in [9.17, 15) is 19.2 Å². The molecule has 246 valence electrons. The number of carbonyl (C=O) groups excluding carboxylic acids is 3. The van der Waals surface area contributed by atoms with Crippen LogP contribution in [0.4, 0.5) is 0 Å². The summed E-state index contributed by atoms with van der Waals surface area (Å²) in [5, 5.41) is 14.3. The molecule has 0 spiro atoms. The van der Waals surface area contributed by atoms with Gasteiger partial charge in [0.15, 0.2) is 0 Å². The molecule has 0 aliphatic rings. The smallest absolute Gasteiger partial charge is 0.303 e. The van der Waals surface area contributed by atoms with Crippen LogP contribution in [0.1, 0.15) is 128 Å². The van der Waals surface area contributed by atoms with Crippen LogP contribution in [0.3, 0.4) is 0 Å². The van der Waals surface area contributed by atoms with Crippen molar-refractivity contribution in [2.45, 2.75) is 128 Å². The van der Waals surface area contributed by atoms with Crippen molar-refractivity contribution < 1.29 is 38.5 Å². The van der Waals surface area contributed by atoms with E-state index in [2.05, 4.69) is 10.6 Å². The van der Waals surface area contributed by atoms with Gasteiger partial charge < -0.3 is 34.7 Å². The van der Waals surface area contributed by atoms with Gasteiger partial charge in [0.1, 0.15) is 6.29 Å². The van der Waals surface area contributed by atoms with Gasteiger partial charge in [-0.05, 0) is 25.7 Å². The summed E-state index contributed by atoms with van der Waals surface area (Å²) in [4.78, 5) is 43.9. The van der Waals surface area contributed by atoms with Gasteiger partial charge in [0, 0.05) is 52.0 Å². The topological polar surface area (TPSA) is 140 Å². The maximum Gasteiger partial charge on any atom is 0.303 e. The molecule has 42 heavy (non-hydrogen) atoms. The summed E-state index contributed by atoms with van der Waals surface area (Å²) in [6.07, 6.45) is 20.2. The molecular weight excluding hydrogens is 540 g/mol. The number of carboxylic acid groups (broad SMARTS) is 1. The lowest BCUT2D eigenvalue weighted by atomic mass is 10.0. The second kappa shape index (κ2) is 33.5. The van der Waals surface area contributed by atoms with Gasteiger partial charge in [0.05, 0.1) is 26.4 Å². The Morgan fingerprint density at radius 2 is 0.833 bits per heavy atom. The highest BCUT2D eigenvalue weighted by Crippen LogP contribution is 2.13. The molecule has 0 aromatic heterocycles. The van der Waals surface area contributed by atoms with Crippen molar-refractivity contribution in [1.29, 1.82) is 0 Å². The van der Waals surface area contributed by atoms with Crippen molar-refractivity contribution >= 4 is 24.1 Å². The Hall–Kier alpha value is -2.04. The van der Waals surface area contributed by atoms with Crippen LogP contribution in [0.25, 0.3) is 0 Å². The molecule has 0 aliphatic carbocycles. The number of hydrogen-bond acceptors (Lipinski definition) is 7. The van der Waals surface area contributed by atoms with E-state index < -0.39 is 5.97 Å². The first kappa shape index (κ1) is 40.0. The molecule has 0 unspecified atom stereocenters. The normalized spacial score (nSPS) is 11.0. The molecule has 0 heterocycles. The van der Waals surface area contributed by atoms with Crippen LogP contribution >= 0.6 is 0 Å². The molecule has 0 aromatic rings. The lowest BCUT2D eigenvalue weighted by Gasteiger charge is -2.08. The first-order valence-electron chi connectivity index (χ1n) is 16.5. The van der Waals surface area contributed by atoms with Crippen molar-refractivity contribution in [1.82, 2.24) is 10.6 Å². The average molecular weight is 601 g/mol. The molecule has 3 N–H and O–H groups in total. The average Bonchev–Trinajstić information content (AvgIpc) is 2.97. The number of aliphatic carboxylic acids is 1. The molecule has 0 atom stereocenters. The Morgan fingerprint density at radius 3 is 1.24 bits per heavy atom. The van der Waals surface area contributed by atoms with Crippen molar-refractivity contribution in [2.24, 2.45) is 0 Å². The summed E-state index contributed by atoms with van der Waals surface area (Å²) >= 11 is 0. The minimum atomic E-state index is -0.684. The number of aldehydes is 1. The SMILES string of the molecule is O=CCCC(=O)NCCCOCCOCCOCCCNC(=O)CCCCCCCCCCCCCCCCC(=O)O. The highest BCUT2D eigenvalue weighted by Gasteiger charge is 2.02. The predicted molar refractivity (Wildman–Crippen MR) is 165 cm³/mol. The van der Waals surface area contributed by atoms with E-state index >= 15 is 0 Å². The molecule has 0 fully saturated rings. The van der Waals surface area contributed by atoms with Crippen LogP contribution in [0.2, 0.25) is 0 Å². The predicted octanol–water partition coefficient (Wildman–Crippen LogP) is 5.35. The van der Waals surface area contributed by atoms with Gasteiger partial charge in [-0.2, -0.15) is 0 Å². The van der Waals surface area contributed by atoms with Gasteiger partial charge in [-0.1, -0.05) is 77.0 Å². The van der Waals surface area contributed by atoms with Crippen LogP contribution < -0.4 is 10.6 Å². The third kappa shape index (κ3) is 34.2. The molecule has 10 heteroatoms. The molecule has 0 aromatic carbocycles. The standard InChI is InChI=1S/C32H60N2O8/c35-23-15-19-31(37)34-22-17-25-41-27-29-42-28-26-40-24-16-21-33-30(36)18-13-11-9-7-5-3-1-2-4-6-8-10-12-14-20-32(38)39/h23H,1-22,24-29H2,(H,33,36)(H,34,37)(H,38,39). The minimum Gasteiger partial charge on any atom is -0.481 e. The minimum absolute atomic E-state index is 0.111. The van der Waals surface area contributed by atoms with Gasteiger partial charge in [-0.25, -0.2) is 0 Å². The van der Waals surface area contributed by atoms with Crippen molar-refractivity contribution in [2.75, 3.05) is 52.7 Å². The van der Waals surface area contributed by atoms with Crippen LogP contribution in [0, 0.1) is 0 Å². The molecule has 0 saturated carbocycles. The van der Waals surface area contributed by atoms with E-state index in [1.165, 1.54) is 57.8 Å². The largest absolute Gasteiger partial charge is 0.481 e. The van der Waals surface area contributed by atoms with E-state index in [1.54, 1.807) is 0 Å². The molecule has 2 amide bonds. The van der Waals surface area contributed by atoms with Crippen LogP contribution in [-0.4, -0.2) is 81.9 Å². The molecular formula is C32H60N2O8. The summed E-state index contributed by atoms with van der Waals surface area (Å²) in [7, 11) is 0.